The fraction of sp³-hybridized carbons (Fsp3) is 0. The molecular formula is C16H6ClF2NO4. The second-order valence-electron chi connectivity index (χ2n) is 5.16. The highest BCUT2D eigenvalue weighted by Gasteiger charge is 2.28. The van der Waals surface area contributed by atoms with Gasteiger partial charge in [-0.1, -0.05) is 11.6 Å². The first-order valence-electron chi connectivity index (χ1n) is 6.67. The van der Waals surface area contributed by atoms with Gasteiger partial charge in [0, 0.05) is 17.3 Å². The molecule has 0 bridgehead atoms. The summed E-state index contributed by atoms with van der Waals surface area (Å²) < 4.78 is 34.7. The second kappa shape index (κ2) is 4.78. The lowest BCUT2D eigenvalue weighted by atomic mass is 10.1. The van der Waals surface area contributed by atoms with Crippen molar-refractivity contribution < 1.29 is 23.4 Å². The Labute approximate surface area is 137 Å². The number of hydrogen-bond donors (Lipinski definition) is 1. The van der Waals surface area contributed by atoms with E-state index in [0.717, 1.165) is 6.20 Å². The summed E-state index contributed by atoms with van der Waals surface area (Å²) in [6.45, 7) is 0. The van der Waals surface area contributed by atoms with Crippen molar-refractivity contribution in [2.24, 2.45) is 0 Å². The van der Waals surface area contributed by atoms with Gasteiger partial charge < -0.3 is 14.4 Å². The Balaban J connectivity index is 2.26. The smallest absolute Gasteiger partial charge is 0.341 e. The number of hydrogen-bond acceptors (Lipinski definition) is 3. The first kappa shape index (κ1) is 14.6. The highest BCUT2D eigenvalue weighted by molar-refractivity contribution is 6.30. The number of carboxylic acids is 1. The molecule has 0 saturated carbocycles. The molecule has 0 atom stereocenters. The molecule has 1 aromatic heterocycles. The van der Waals surface area contributed by atoms with Crippen LogP contribution >= 0.6 is 11.6 Å². The third-order valence-electron chi connectivity index (χ3n) is 3.76. The van der Waals surface area contributed by atoms with Gasteiger partial charge in [0.1, 0.15) is 11.1 Å². The van der Waals surface area contributed by atoms with E-state index in [-0.39, 0.29) is 16.7 Å². The number of halogens is 3. The van der Waals surface area contributed by atoms with Crippen LogP contribution in [0.4, 0.5) is 8.78 Å². The fourth-order valence-electron chi connectivity index (χ4n) is 2.72. The minimum Gasteiger partial charge on any atom is -0.477 e. The van der Waals surface area contributed by atoms with Gasteiger partial charge in [0.15, 0.2) is 17.3 Å². The molecule has 120 valence electrons. The lowest BCUT2D eigenvalue weighted by Crippen LogP contribution is -2.21. The van der Waals surface area contributed by atoms with Crippen molar-refractivity contribution in [1.82, 2.24) is 4.57 Å². The summed E-state index contributed by atoms with van der Waals surface area (Å²) in [6, 6.07) is 5.11. The van der Waals surface area contributed by atoms with Crippen LogP contribution < -0.4 is 10.2 Å². The van der Waals surface area contributed by atoms with Gasteiger partial charge in [-0.25, -0.2) is 9.18 Å². The summed E-state index contributed by atoms with van der Waals surface area (Å²) in [5, 5.41) is 9.22. The standard InChI is InChI=1S/C16H6ClF2NO4/c17-6-1-2-10-11(3-6)24-15-12(19)9(18)4-7-13(15)20(10)5-8(14(7)21)16(22)23/h1-5H,(H,22,23). The van der Waals surface area contributed by atoms with Gasteiger partial charge in [0.2, 0.25) is 11.2 Å². The predicted octanol–water partition coefficient (Wildman–Crippen LogP) is 3.73. The molecule has 8 heteroatoms. The largest absolute Gasteiger partial charge is 0.477 e. The van der Waals surface area contributed by atoms with Gasteiger partial charge in [-0.15, -0.1) is 0 Å². The van der Waals surface area contributed by atoms with E-state index in [1.807, 2.05) is 0 Å². The van der Waals surface area contributed by atoms with Crippen LogP contribution in [-0.4, -0.2) is 15.6 Å². The zero-order chi connectivity index (χ0) is 17.2. The zero-order valence-corrected chi connectivity index (χ0v) is 12.4. The number of carboxylic acid groups (broad SMARTS) is 1. The minimum absolute atomic E-state index is 0.0428. The molecule has 0 fully saturated rings. The fourth-order valence-corrected chi connectivity index (χ4v) is 2.88. The third kappa shape index (κ3) is 1.85. The van der Waals surface area contributed by atoms with Crippen molar-refractivity contribution >= 4 is 28.5 Å². The monoisotopic (exact) mass is 349 g/mol. The Morgan fingerprint density at radius 1 is 1.25 bits per heavy atom. The van der Waals surface area contributed by atoms with E-state index >= 15 is 0 Å². The molecule has 0 aliphatic carbocycles. The summed E-state index contributed by atoms with van der Waals surface area (Å²) >= 11 is 5.88. The molecule has 1 N–H and O–H groups in total. The predicted molar refractivity (Wildman–Crippen MR) is 81.5 cm³/mol. The molecule has 2 heterocycles. The highest BCUT2D eigenvalue weighted by Crippen LogP contribution is 2.42. The van der Waals surface area contributed by atoms with E-state index in [2.05, 4.69) is 0 Å². The molecule has 5 nitrogen and oxygen atoms in total. The highest BCUT2D eigenvalue weighted by atomic mass is 35.5. The lowest BCUT2D eigenvalue weighted by Gasteiger charge is -2.24. The molecule has 24 heavy (non-hydrogen) atoms. The topological polar surface area (TPSA) is 68.5 Å². The molecule has 3 aromatic rings. The Kier molecular flexibility index (Phi) is 2.92. The van der Waals surface area contributed by atoms with Crippen LogP contribution in [0.2, 0.25) is 5.02 Å². The van der Waals surface area contributed by atoms with Crippen molar-refractivity contribution in [2.75, 3.05) is 0 Å². The molecule has 0 radical (unpaired) electrons. The van der Waals surface area contributed by atoms with E-state index in [1.165, 1.54) is 22.8 Å². The van der Waals surface area contributed by atoms with Crippen molar-refractivity contribution in [2.45, 2.75) is 0 Å². The van der Waals surface area contributed by atoms with Crippen molar-refractivity contribution in [3.63, 3.8) is 0 Å². The number of ether oxygens (including phenoxy) is 1. The van der Waals surface area contributed by atoms with Crippen LogP contribution in [0.1, 0.15) is 10.4 Å². The van der Waals surface area contributed by atoms with Crippen LogP contribution in [0, 0.1) is 11.6 Å². The Morgan fingerprint density at radius 3 is 2.71 bits per heavy atom. The zero-order valence-electron chi connectivity index (χ0n) is 11.6. The Morgan fingerprint density at radius 2 is 2.00 bits per heavy atom. The molecule has 4 rings (SSSR count). The maximum Gasteiger partial charge on any atom is 0.341 e. The van der Waals surface area contributed by atoms with Crippen LogP contribution in [0.3, 0.4) is 0 Å². The Bertz CT molecular complexity index is 1120. The maximum atomic E-state index is 14.2. The third-order valence-corrected chi connectivity index (χ3v) is 4.00. The average molecular weight is 350 g/mol. The first-order valence-corrected chi connectivity index (χ1v) is 7.04. The number of nitrogens with zero attached hydrogens (tertiary/aromatic N) is 1. The molecular weight excluding hydrogens is 344 g/mol. The van der Waals surface area contributed by atoms with Crippen molar-refractivity contribution in [3.8, 4) is 17.2 Å². The van der Waals surface area contributed by atoms with E-state index in [0.29, 0.717) is 16.8 Å². The minimum atomic E-state index is -1.47. The van der Waals surface area contributed by atoms with Crippen LogP contribution in [0.25, 0.3) is 16.6 Å². The number of carbonyl (C=O) groups is 1. The van der Waals surface area contributed by atoms with E-state index in [4.69, 9.17) is 16.3 Å². The molecule has 0 spiro atoms. The van der Waals surface area contributed by atoms with Gasteiger partial charge in [0.05, 0.1) is 11.1 Å². The first-order chi connectivity index (χ1) is 11.4. The van der Waals surface area contributed by atoms with E-state index < -0.39 is 34.3 Å². The van der Waals surface area contributed by atoms with E-state index in [9.17, 15) is 23.5 Å². The van der Waals surface area contributed by atoms with Gasteiger partial charge in [0.25, 0.3) is 0 Å². The van der Waals surface area contributed by atoms with Crippen molar-refractivity contribution in [1.29, 1.82) is 0 Å². The van der Waals surface area contributed by atoms with Gasteiger partial charge >= 0.3 is 5.97 Å². The van der Waals surface area contributed by atoms with E-state index in [1.54, 1.807) is 0 Å². The summed E-state index contributed by atoms with van der Waals surface area (Å²) in [6.07, 6.45) is 1.06. The van der Waals surface area contributed by atoms with Gasteiger partial charge in [-0.05, 0) is 18.2 Å². The Hall–Kier alpha value is -2.93. The second-order valence-corrected chi connectivity index (χ2v) is 5.60. The van der Waals surface area contributed by atoms with Crippen molar-refractivity contribution in [3.05, 3.63) is 62.9 Å². The maximum absolute atomic E-state index is 14.2. The number of aromatic carboxylic acids is 1. The average Bonchev–Trinajstić information content (AvgIpc) is 2.53. The summed E-state index contributed by atoms with van der Waals surface area (Å²) in [5.41, 5.74) is -1.18. The quantitative estimate of drug-likeness (QED) is 0.568. The van der Waals surface area contributed by atoms with Crippen LogP contribution in [0.5, 0.6) is 11.5 Å². The molecule has 0 amide bonds. The number of aromatic nitrogens is 1. The van der Waals surface area contributed by atoms with Gasteiger partial charge in [-0.2, -0.15) is 4.39 Å². The summed E-state index contributed by atoms with van der Waals surface area (Å²) in [5.74, 6) is -4.44. The van der Waals surface area contributed by atoms with Gasteiger partial charge in [-0.3, -0.25) is 4.79 Å². The number of fused-ring (bicyclic) bond motifs is 2. The van der Waals surface area contributed by atoms with Crippen LogP contribution in [0.15, 0.2) is 35.3 Å². The normalized spacial score (nSPS) is 12.0. The van der Waals surface area contributed by atoms with Crippen LogP contribution in [-0.2, 0) is 0 Å². The number of benzene rings is 2. The molecule has 1 aliphatic heterocycles. The number of rotatable bonds is 1. The molecule has 0 saturated heterocycles. The molecule has 2 aromatic carbocycles. The summed E-state index contributed by atoms with van der Waals surface area (Å²) in [4.78, 5) is 23.6. The lowest BCUT2D eigenvalue weighted by molar-refractivity contribution is 0.0695. The molecule has 1 aliphatic rings. The summed E-state index contributed by atoms with van der Waals surface area (Å²) in [7, 11) is 0. The number of pyridine rings is 1. The molecule has 0 unspecified atom stereocenters. The SMILES string of the molecule is O=C(O)c1cn2c3c(c(F)c(F)cc3c1=O)Oc1cc(Cl)ccc1-2.